The largest absolute Gasteiger partial charge is 0.481 e. The Balaban J connectivity index is 2.16. The van der Waals surface area contributed by atoms with Gasteiger partial charge < -0.3 is 10.1 Å². The number of hydrogen-bond donors (Lipinski definition) is 2. The van der Waals surface area contributed by atoms with Gasteiger partial charge in [-0.1, -0.05) is 48.5 Å². The molecule has 20 heavy (non-hydrogen) atoms. The first-order chi connectivity index (χ1) is 9.61. The molecule has 0 fully saturated rings. The number of aromatic amines is 1. The third-order valence-electron chi connectivity index (χ3n) is 3.62. The van der Waals surface area contributed by atoms with Crippen LogP contribution in [0.5, 0.6) is 0 Å². The van der Waals surface area contributed by atoms with Crippen LogP contribution in [0.4, 0.5) is 0 Å². The van der Waals surface area contributed by atoms with Crippen molar-refractivity contribution in [3.63, 3.8) is 0 Å². The SMILES string of the molecule is CCCCCCC(C(=O)O)c1cc2cc(Br)ccc2[nH]1. The van der Waals surface area contributed by atoms with E-state index in [1.165, 1.54) is 6.42 Å². The summed E-state index contributed by atoms with van der Waals surface area (Å²) in [6.45, 7) is 2.16. The second-order valence-corrected chi connectivity index (χ2v) is 6.11. The van der Waals surface area contributed by atoms with Crippen LogP contribution in [-0.4, -0.2) is 16.1 Å². The molecule has 2 rings (SSSR count). The molecule has 0 amide bonds. The van der Waals surface area contributed by atoms with Gasteiger partial charge in [0.05, 0.1) is 5.92 Å². The van der Waals surface area contributed by atoms with Gasteiger partial charge in [0.15, 0.2) is 0 Å². The van der Waals surface area contributed by atoms with Crippen molar-refractivity contribution >= 4 is 32.8 Å². The summed E-state index contributed by atoms with van der Waals surface area (Å²) in [5.41, 5.74) is 1.80. The molecule has 1 atom stereocenters. The normalized spacial score (nSPS) is 12.7. The van der Waals surface area contributed by atoms with Crippen LogP contribution < -0.4 is 0 Å². The van der Waals surface area contributed by atoms with Crippen molar-refractivity contribution in [3.05, 3.63) is 34.4 Å². The molecule has 1 aromatic heterocycles. The number of aromatic nitrogens is 1. The Kier molecular flexibility index (Phi) is 5.24. The Bertz CT molecular complexity index is 591. The van der Waals surface area contributed by atoms with E-state index in [4.69, 9.17) is 0 Å². The van der Waals surface area contributed by atoms with E-state index in [0.29, 0.717) is 6.42 Å². The molecule has 0 aliphatic heterocycles. The topological polar surface area (TPSA) is 53.1 Å². The van der Waals surface area contributed by atoms with Gasteiger partial charge in [-0.25, -0.2) is 0 Å². The van der Waals surface area contributed by atoms with Gasteiger partial charge in [-0.3, -0.25) is 4.79 Å². The molecule has 0 aliphatic carbocycles. The quantitative estimate of drug-likeness (QED) is 0.693. The molecule has 108 valence electrons. The molecule has 2 aromatic rings. The van der Waals surface area contributed by atoms with Crippen molar-refractivity contribution in [2.75, 3.05) is 0 Å². The number of carboxylic acids is 1. The second-order valence-electron chi connectivity index (χ2n) is 5.20. The number of H-pyrrole nitrogens is 1. The molecule has 1 heterocycles. The Hall–Kier alpha value is -1.29. The summed E-state index contributed by atoms with van der Waals surface area (Å²) in [6.07, 6.45) is 5.10. The Labute approximate surface area is 127 Å². The van der Waals surface area contributed by atoms with Crippen LogP contribution in [-0.2, 0) is 4.79 Å². The molecule has 4 heteroatoms. The first-order valence-corrected chi connectivity index (χ1v) is 7.92. The zero-order valence-electron chi connectivity index (χ0n) is 11.7. The lowest BCUT2D eigenvalue weighted by molar-refractivity contribution is -0.139. The van der Waals surface area contributed by atoms with Crippen LogP contribution in [0.2, 0.25) is 0 Å². The first-order valence-electron chi connectivity index (χ1n) is 7.12. The second kappa shape index (κ2) is 6.93. The third-order valence-corrected chi connectivity index (χ3v) is 4.12. The predicted octanol–water partition coefficient (Wildman–Crippen LogP) is 5.07. The van der Waals surface area contributed by atoms with Crippen LogP contribution in [0.3, 0.4) is 0 Å². The highest BCUT2D eigenvalue weighted by Gasteiger charge is 2.21. The van der Waals surface area contributed by atoms with Gasteiger partial charge in [-0.05, 0) is 30.7 Å². The van der Waals surface area contributed by atoms with E-state index in [-0.39, 0.29) is 0 Å². The Morgan fingerprint density at radius 2 is 2.10 bits per heavy atom. The fourth-order valence-electron chi connectivity index (χ4n) is 2.50. The molecule has 3 nitrogen and oxygen atoms in total. The predicted molar refractivity (Wildman–Crippen MR) is 85.1 cm³/mol. The van der Waals surface area contributed by atoms with Gasteiger partial charge in [-0.2, -0.15) is 0 Å². The number of carbonyl (C=O) groups is 1. The van der Waals surface area contributed by atoms with Crippen molar-refractivity contribution in [3.8, 4) is 0 Å². The maximum Gasteiger partial charge on any atom is 0.312 e. The average molecular weight is 338 g/mol. The Morgan fingerprint density at radius 3 is 2.80 bits per heavy atom. The van der Waals surface area contributed by atoms with Crippen molar-refractivity contribution in [1.29, 1.82) is 0 Å². The highest BCUT2D eigenvalue weighted by molar-refractivity contribution is 9.10. The van der Waals surface area contributed by atoms with E-state index < -0.39 is 11.9 Å². The monoisotopic (exact) mass is 337 g/mol. The number of nitrogens with one attached hydrogen (secondary N) is 1. The van der Waals surface area contributed by atoms with E-state index >= 15 is 0 Å². The highest BCUT2D eigenvalue weighted by Crippen LogP contribution is 2.27. The molecule has 0 aliphatic rings. The fraction of sp³-hybridized carbons (Fsp3) is 0.438. The van der Waals surface area contributed by atoms with Crippen molar-refractivity contribution in [2.24, 2.45) is 0 Å². The van der Waals surface area contributed by atoms with Crippen molar-refractivity contribution in [2.45, 2.75) is 44.9 Å². The van der Waals surface area contributed by atoms with Crippen LogP contribution in [0, 0.1) is 0 Å². The third kappa shape index (κ3) is 3.63. The number of halogens is 1. The Morgan fingerprint density at radius 1 is 1.30 bits per heavy atom. The molecule has 2 N–H and O–H groups in total. The van der Waals surface area contributed by atoms with Crippen LogP contribution in [0.1, 0.15) is 50.6 Å². The minimum absolute atomic E-state index is 0.432. The molecule has 1 unspecified atom stereocenters. The standard InChI is InChI=1S/C16H20BrNO2/c1-2-3-4-5-6-13(16(19)20)15-10-11-9-12(17)7-8-14(11)18-15/h7-10,13,18H,2-6H2,1H3,(H,19,20). The lowest BCUT2D eigenvalue weighted by Gasteiger charge is -2.10. The summed E-state index contributed by atoms with van der Waals surface area (Å²) in [5, 5.41) is 10.5. The minimum Gasteiger partial charge on any atom is -0.481 e. The summed E-state index contributed by atoms with van der Waals surface area (Å²) in [5.74, 6) is -1.18. The van der Waals surface area contributed by atoms with Gasteiger partial charge in [-0.15, -0.1) is 0 Å². The number of fused-ring (bicyclic) bond motifs is 1. The lowest BCUT2D eigenvalue weighted by Crippen LogP contribution is -2.12. The molecule has 0 saturated carbocycles. The van der Waals surface area contributed by atoms with E-state index in [1.807, 2.05) is 24.3 Å². The van der Waals surface area contributed by atoms with E-state index in [0.717, 1.165) is 40.3 Å². The fourth-order valence-corrected chi connectivity index (χ4v) is 2.88. The first kappa shape index (κ1) is 15.1. The van der Waals surface area contributed by atoms with Crippen molar-refractivity contribution in [1.82, 2.24) is 4.98 Å². The maximum absolute atomic E-state index is 11.5. The number of unbranched alkanes of at least 4 members (excludes halogenated alkanes) is 3. The average Bonchev–Trinajstić information content (AvgIpc) is 2.80. The smallest absolute Gasteiger partial charge is 0.312 e. The minimum atomic E-state index is -0.743. The van der Waals surface area contributed by atoms with E-state index in [2.05, 4.69) is 27.8 Å². The summed E-state index contributed by atoms with van der Waals surface area (Å²) in [6, 6.07) is 7.89. The number of rotatable bonds is 7. The lowest BCUT2D eigenvalue weighted by atomic mass is 9.97. The molecule has 0 radical (unpaired) electrons. The van der Waals surface area contributed by atoms with Crippen molar-refractivity contribution < 1.29 is 9.90 Å². The number of aliphatic carboxylic acids is 1. The number of benzene rings is 1. The summed E-state index contributed by atoms with van der Waals surface area (Å²) >= 11 is 3.44. The maximum atomic E-state index is 11.5. The summed E-state index contributed by atoms with van der Waals surface area (Å²) in [4.78, 5) is 14.7. The summed E-state index contributed by atoms with van der Waals surface area (Å²) in [7, 11) is 0. The zero-order chi connectivity index (χ0) is 14.5. The van der Waals surface area contributed by atoms with Gasteiger partial charge in [0.1, 0.15) is 0 Å². The van der Waals surface area contributed by atoms with Crippen LogP contribution >= 0.6 is 15.9 Å². The molecule has 0 spiro atoms. The molecule has 0 saturated heterocycles. The number of carboxylic acid groups (broad SMARTS) is 1. The zero-order valence-corrected chi connectivity index (χ0v) is 13.2. The van der Waals surface area contributed by atoms with Gasteiger partial charge in [0.2, 0.25) is 0 Å². The molecule has 1 aromatic carbocycles. The summed E-state index contributed by atoms with van der Waals surface area (Å²) < 4.78 is 1.00. The number of hydrogen-bond acceptors (Lipinski definition) is 1. The molecular formula is C16H20BrNO2. The molecule has 0 bridgehead atoms. The van der Waals surface area contributed by atoms with E-state index in [9.17, 15) is 9.90 Å². The van der Waals surface area contributed by atoms with E-state index in [1.54, 1.807) is 0 Å². The van der Waals surface area contributed by atoms with Gasteiger partial charge >= 0.3 is 5.97 Å². The van der Waals surface area contributed by atoms with Gasteiger partial charge in [0.25, 0.3) is 0 Å². The van der Waals surface area contributed by atoms with Gasteiger partial charge in [0, 0.05) is 21.1 Å². The van der Waals surface area contributed by atoms with Crippen LogP contribution in [0.25, 0.3) is 10.9 Å². The molecular weight excluding hydrogens is 318 g/mol. The van der Waals surface area contributed by atoms with Crippen LogP contribution in [0.15, 0.2) is 28.7 Å². The highest BCUT2D eigenvalue weighted by atomic mass is 79.9.